The number of carbonyl (C=O) groups excluding carboxylic acids is 1. The van der Waals surface area contributed by atoms with Gasteiger partial charge in [-0.1, -0.05) is 20.8 Å². The van der Waals surface area contributed by atoms with Crippen LogP contribution in [0.25, 0.3) is 0 Å². The van der Waals surface area contributed by atoms with Gasteiger partial charge in [0.2, 0.25) is 0 Å². The number of ketones is 1. The number of hydrazine groups is 1. The summed E-state index contributed by atoms with van der Waals surface area (Å²) in [6.07, 6.45) is 4.60. The molecule has 15 heavy (non-hydrogen) atoms. The monoisotopic (exact) mass is 210 g/mol. The van der Waals surface area contributed by atoms with Gasteiger partial charge in [0.15, 0.2) is 5.78 Å². The first-order valence-corrected chi connectivity index (χ1v) is 5.55. The molecule has 0 aromatic carbocycles. The molecule has 0 N–H and O–H groups in total. The summed E-state index contributed by atoms with van der Waals surface area (Å²) in [4.78, 5) is 12.0. The molecule has 1 unspecified atom stereocenters. The molecule has 0 saturated carbocycles. The molecule has 3 nitrogen and oxygen atoms in total. The van der Waals surface area contributed by atoms with Gasteiger partial charge < -0.3 is 5.01 Å². The third kappa shape index (κ3) is 3.06. The van der Waals surface area contributed by atoms with Crippen molar-refractivity contribution in [1.82, 2.24) is 10.0 Å². The normalized spacial score (nSPS) is 22.5. The molecule has 0 aromatic heterocycles. The molecule has 0 aliphatic carbocycles. The largest absolute Gasteiger partial charge is 0.313 e. The lowest BCUT2D eigenvalue weighted by Crippen LogP contribution is -2.42. The van der Waals surface area contributed by atoms with Crippen molar-refractivity contribution in [2.45, 2.75) is 40.2 Å². The highest BCUT2D eigenvalue weighted by atomic mass is 16.1. The zero-order valence-electron chi connectivity index (χ0n) is 10.4. The van der Waals surface area contributed by atoms with E-state index in [-0.39, 0.29) is 11.5 Å². The van der Waals surface area contributed by atoms with Gasteiger partial charge in [0.05, 0.1) is 0 Å². The molecular formula is C12H22N2O. The number of carbonyl (C=O) groups is 1. The van der Waals surface area contributed by atoms with Gasteiger partial charge >= 0.3 is 0 Å². The molecule has 0 amide bonds. The maximum atomic E-state index is 12.0. The fraction of sp³-hybridized carbons (Fsp3) is 0.750. The van der Waals surface area contributed by atoms with Crippen molar-refractivity contribution in [3.8, 4) is 0 Å². The van der Waals surface area contributed by atoms with Crippen LogP contribution in [0.1, 0.15) is 34.1 Å². The molecule has 3 heteroatoms. The van der Waals surface area contributed by atoms with Gasteiger partial charge in [-0.2, -0.15) is 0 Å². The SMILES string of the molecule is CCN1C=CC(C(=O)CC(C)(C)C)N1C. The van der Waals surface area contributed by atoms with Gasteiger partial charge in [-0.05, 0) is 18.4 Å². The van der Waals surface area contributed by atoms with Crippen molar-refractivity contribution in [1.29, 1.82) is 0 Å². The first kappa shape index (κ1) is 12.2. The molecule has 0 radical (unpaired) electrons. The van der Waals surface area contributed by atoms with E-state index in [4.69, 9.17) is 0 Å². The number of hydrogen-bond donors (Lipinski definition) is 0. The molecule has 0 saturated heterocycles. The zero-order valence-corrected chi connectivity index (χ0v) is 10.4. The van der Waals surface area contributed by atoms with Crippen LogP contribution >= 0.6 is 0 Å². The first-order chi connectivity index (χ1) is 6.85. The Morgan fingerprint density at radius 3 is 2.40 bits per heavy atom. The molecule has 0 spiro atoms. The molecule has 0 bridgehead atoms. The second-order valence-corrected chi connectivity index (χ2v) is 5.32. The van der Waals surface area contributed by atoms with E-state index in [1.807, 2.05) is 24.3 Å². The van der Waals surface area contributed by atoms with Crippen LogP contribution in [0.5, 0.6) is 0 Å². The predicted molar refractivity (Wildman–Crippen MR) is 62.2 cm³/mol. The fourth-order valence-corrected chi connectivity index (χ4v) is 1.84. The Kier molecular flexibility index (Phi) is 3.55. The van der Waals surface area contributed by atoms with Crippen LogP contribution in [-0.2, 0) is 4.79 Å². The minimum atomic E-state index is -0.0656. The summed E-state index contributed by atoms with van der Waals surface area (Å²) in [6, 6.07) is -0.0656. The van der Waals surface area contributed by atoms with Crippen LogP contribution in [0.3, 0.4) is 0 Å². The maximum absolute atomic E-state index is 12.0. The Bertz CT molecular complexity index is 265. The second kappa shape index (κ2) is 4.35. The molecule has 1 heterocycles. The van der Waals surface area contributed by atoms with E-state index >= 15 is 0 Å². The number of hydrogen-bond acceptors (Lipinski definition) is 3. The van der Waals surface area contributed by atoms with Gasteiger partial charge in [-0.25, -0.2) is 5.01 Å². The van der Waals surface area contributed by atoms with Gasteiger partial charge in [0.25, 0.3) is 0 Å². The molecule has 1 atom stereocenters. The number of rotatable bonds is 3. The van der Waals surface area contributed by atoms with Crippen LogP contribution in [0.15, 0.2) is 12.3 Å². The van der Waals surface area contributed by atoms with Crippen molar-refractivity contribution < 1.29 is 4.79 Å². The molecule has 0 aromatic rings. The van der Waals surface area contributed by atoms with Gasteiger partial charge in [0.1, 0.15) is 6.04 Å². The van der Waals surface area contributed by atoms with Crippen molar-refractivity contribution in [2.24, 2.45) is 5.41 Å². The Hall–Kier alpha value is -0.830. The lowest BCUT2D eigenvalue weighted by atomic mass is 9.88. The van der Waals surface area contributed by atoms with E-state index in [1.165, 1.54) is 0 Å². The number of likely N-dealkylation sites (N-methyl/N-ethyl adjacent to an activating group) is 1. The van der Waals surface area contributed by atoms with E-state index < -0.39 is 0 Å². The smallest absolute Gasteiger partial charge is 0.156 e. The predicted octanol–water partition coefficient (Wildman–Crippen LogP) is 2.06. The van der Waals surface area contributed by atoms with Crippen LogP contribution in [0.2, 0.25) is 0 Å². The van der Waals surface area contributed by atoms with E-state index in [0.29, 0.717) is 12.2 Å². The van der Waals surface area contributed by atoms with E-state index in [1.54, 1.807) is 0 Å². The third-order valence-corrected chi connectivity index (χ3v) is 2.61. The van der Waals surface area contributed by atoms with Gasteiger partial charge in [0, 0.05) is 26.2 Å². The van der Waals surface area contributed by atoms with Crippen molar-refractivity contribution in [3.63, 3.8) is 0 Å². The Balaban J connectivity index is 2.60. The maximum Gasteiger partial charge on any atom is 0.156 e. The third-order valence-electron chi connectivity index (χ3n) is 2.61. The minimum absolute atomic E-state index is 0.0656. The molecule has 86 valence electrons. The summed E-state index contributed by atoms with van der Waals surface area (Å²) in [5, 5.41) is 4.07. The summed E-state index contributed by atoms with van der Waals surface area (Å²) in [5.74, 6) is 0.303. The van der Waals surface area contributed by atoms with Crippen LogP contribution < -0.4 is 0 Å². The van der Waals surface area contributed by atoms with Gasteiger partial charge in [-0.15, -0.1) is 0 Å². The average Bonchev–Trinajstić information content (AvgIpc) is 2.43. The molecular weight excluding hydrogens is 188 g/mol. The van der Waals surface area contributed by atoms with E-state index in [2.05, 4.69) is 32.7 Å². The molecule has 0 fully saturated rings. The molecule has 1 aliphatic rings. The highest BCUT2D eigenvalue weighted by Gasteiger charge is 2.30. The second-order valence-electron chi connectivity index (χ2n) is 5.32. The highest BCUT2D eigenvalue weighted by molar-refractivity contribution is 5.86. The quantitative estimate of drug-likeness (QED) is 0.712. The lowest BCUT2D eigenvalue weighted by molar-refractivity contribution is -0.127. The Morgan fingerprint density at radius 1 is 1.40 bits per heavy atom. The van der Waals surface area contributed by atoms with E-state index in [0.717, 1.165) is 6.54 Å². The van der Waals surface area contributed by atoms with Crippen LogP contribution in [0, 0.1) is 5.41 Å². The number of nitrogens with zero attached hydrogens (tertiary/aromatic N) is 2. The Morgan fingerprint density at radius 2 is 2.00 bits per heavy atom. The number of Topliss-reactive ketones (excluding diaryl/α,β-unsaturated/α-hetero) is 1. The molecule has 1 aliphatic heterocycles. The fourth-order valence-electron chi connectivity index (χ4n) is 1.84. The zero-order chi connectivity index (χ0) is 11.6. The summed E-state index contributed by atoms with van der Waals surface area (Å²) in [6.45, 7) is 9.28. The summed E-state index contributed by atoms with van der Waals surface area (Å²) < 4.78 is 0. The lowest BCUT2D eigenvalue weighted by Gasteiger charge is -2.29. The molecule has 1 rings (SSSR count). The van der Waals surface area contributed by atoms with Crippen LogP contribution in [0.4, 0.5) is 0 Å². The van der Waals surface area contributed by atoms with Crippen LogP contribution in [-0.4, -0.2) is 35.4 Å². The topological polar surface area (TPSA) is 23.6 Å². The Labute approximate surface area is 92.7 Å². The summed E-state index contributed by atoms with van der Waals surface area (Å²) >= 11 is 0. The highest BCUT2D eigenvalue weighted by Crippen LogP contribution is 2.23. The first-order valence-electron chi connectivity index (χ1n) is 5.55. The van der Waals surface area contributed by atoms with Gasteiger partial charge in [-0.3, -0.25) is 4.79 Å². The van der Waals surface area contributed by atoms with E-state index in [9.17, 15) is 4.79 Å². The van der Waals surface area contributed by atoms with Crippen molar-refractivity contribution in [3.05, 3.63) is 12.3 Å². The summed E-state index contributed by atoms with van der Waals surface area (Å²) in [5.41, 5.74) is 0.0748. The standard InChI is InChI=1S/C12H22N2O/c1-6-14-8-7-10(13(14)5)11(15)9-12(2,3)4/h7-8,10H,6,9H2,1-5H3. The average molecular weight is 210 g/mol. The van der Waals surface area contributed by atoms with Crippen molar-refractivity contribution in [2.75, 3.05) is 13.6 Å². The minimum Gasteiger partial charge on any atom is -0.313 e. The van der Waals surface area contributed by atoms with Crippen molar-refractivity contribution >= 4 is 5.78 Å². The summed E-state index contributed by atoms with van der Waals surface area (Å²) in [7, 11) is 1.97.